The van der Waals surface area contributed by atoms with Gasteiger partial charge in [-0.2, -0.15) is 0 Å². The topological polar surface area (TPSA) is 75.4 Å². The smallest absolute Gasteiger partial charge is 0.242 e. The Morgan fingerprint density at radius 3 is 2.53 bits per heavy atom. The van der Waals surface area contributed by atoms with Gasteiger partial charge in [0.1, 0.15) is 4.90 Å². The highest BCUT2D eigenvalue weighted by Crippen LogP contribution is 2.19. The summed E-state index contributed by atoms with van der Waals surface area (Å²) in [5, 5.41) is 0. The fourth-order valence-corrected chi connectivity index (χ4v) is 3.81. The summed E-state index contributed by atoms with van der Waals surface area (Å²) in [6.45, 7) is 5.02. The third-order valence-electron chi connectivity index (χ3n) is 3.57. The van der Waals surface area contributed by atoms with Gasteiger partial charge in [0.05, 0.1) is 5.69 Å². The molecular formula is C13H21N3O2S. The Balaban J connectivity index is 2.05. The van der Waals surface area contributed by atoms with Crippen molar-refractivity contribution in [1.82, 2.24) is 9.62 Å². The van der Waals surface area contributed by atoms with E-state index in [1.165, 1.54) is 0 Å². The number of para-hydroxylation sites is 1. The predicted octanol–water partition coefficient (Wildman–Crippen LogP) is 1.03. The second-order valence-corrected chi connectivity index (χ2v) is 6.55. The zero-order chi connectivity index (χ0) is 13.9. The second kappa shape index (κ2) is 5.90. The van der Waals surface area contributed by atoms with Crippen LogP contribution in [0.15, 0.2) is 29.2 Å². The lowest BCUT2D eigenvalue weighted by Crippen LogP contribution is -2.44. The van der Waals surface area contributed by atoms with E-state index in [4.69, 9.17) is 5.73 Å². The fraction of sp³-hybridized carbons (Fsp3) is 0.538. The zero-order valence-electron chi connectivity index (χ0n) is 11.2. The number of benzene rings is 1. The summed E-state index contributed by atoms with van der Waals surface area (Å²) in [4.78, 5) is 2.50. The van der Waals surface area contributed by atoms with Gasteiger partial charge in [0, 0.05) is 6.04 Å². The Hall–Kier alpha value is -1.11. The summed E-state index contributed by atoms with van der Waals surface area (Å²) in [5.74, 6) is 0. The maximum absolute atomic E-state index is 12.3. The lowest BCUT2D eigenvalue weighted by molar-refractivity contribution is 0.217. The number of nitrogen functional groups attached to an aromatic ring is 1. The van der Waals surface area contributed by atoms with Crippen molar-refractivity contribution in [3.63, 3.8) is 0 Å². The van der Waals surface area contributed by atoms with Crippen molar-refractivity contribution in [3.8, 4) is 0 Å². The van der Waals surface area contributed by atoms with Gasteiger partial charge in [0.15, 0.2) is 0 Å². The van der Waals surface area contributed by atoms with Crippen LogP contribution in [0.25, 0.3) is 0 Å². The van der Waals surface area contributed by atoms with Crippen molar-refractivity contribution in [3.05, 3.63) is 24.3 Å². The van der Waals surface area contributed by atoms with Gasteiger partial charge in [0.2, 0.25) is 10.0 Å². The van der Waals surface area contributed by atoms with Crippen molar-refractivity contribution in [2.45, 2.75) is 30.7 Å². The number of nitrogens with two attached hydrogens (primary N) is 1. The molecule has 19 heavy (non-hydrogen) atoms. The first-order valence-corrected chi connectivity index (χ1v) is 8.10. The van der Waals surface area contributed by atoms with E-state index in [-0.39, 0.29) is 10.9 Å². The first kappa shape index (κ1) is 14.3. The van der Waals surface area contributed by atoms with E-state index in [1.54, 1.807) is 24.3 Å². The van der Waals surface area contributed by atoms with Gasteiger partial charge in [-0.1, -0.05) is 19.1 Å². The Labute approximate surface area is 114 Å². The number of sulfonamides is 1. The van der Waals surface area contributed by atoms with Crippen LogP contribution >= 0.6 is 0 Å². The number of likely N-dealkylation sites (tertiary alicyclic amines) is 1. The molecule has 1 aliphatic rings. The molecular weight excluding hydrogens is 262 g/mol. The summed E-state index contributed by atoms with van der Waals surface area (Å²) in [5.41, 5.74) is 6.02. The van der Waals surface area contributed by atoms with E-state index in [9.17, 15) is 8.42 Å². The Kier molecular flexibility index (Phi) is 4.44. The van der Waals surface area contributed by atoms with E-state index >= 15 is 0 Å². The van der Waals surface area contributed by atoms with Crippen LogP contribution < -0.4 is 10.5 Å². The van der Waals surface area contributed by atoms with Crippen LogP contribution in [0.1, 0.15) is 19.8 Å². The lowest BCUT2D eigenvalue weighted by atomic mass is 10.1. The van der Waals surface area contributed by atoms with E-state index in [2.05, 4.69) is 16.5 Å². The lowest BCUT2D eigenvalue weighted by Gasteiger charge is -2.31. The molecule has 0 radical (unpaired) electrons. The van der Waals surface area contributed by atoms with Crippen LogP contribution in [-0.4, -0.2) is 39.0 Å². The molecule has 0 bridgehead atoms. The standard InChI is InChI=1S/C13H21N3O2S/c1-2-16-9-7-11(8-10-16)15-19(17,18)13-6-4-3-5-12(13)14/h3-6,11,15H,2,7-10,14H2,1H3. The van der Waals surface area contributed by atoms with Crippen molar-refractivity contribution in [2.75, 3.05) is 25.4 Å². The van der Waals surface area contributed by atoms with Crippen LogP contribution in [0, 0.1) is 0 Å². The predicted molar refractivity (Wildman–Crippen MR) is 76.3 cm³/mol. The highest BCUT2D eigenvalue weighted by atomic mass is 32.2. The molecule has 0 aromatic heterocycles. The highest BCUT2D eigenvalue weighted by molar-refractivity contribution is 7.89. The minimum absolute atomic E-state index is 0.00686. The number of anilines is 1. The highest BCUT2D eigenvalue weighted by Gasteiger charge is 2.25. The van der Waals surface area contributed by atoms with Crippen molar-refractivity contribution < 1.29 is 8.42 Å². The molecule has 0 saturated carbocycles. The monoisotopic (exact) mass is 283 g/mol. The molecule has 106 valence electrons. The maximum atomic E-state index is 12.3. The minimum Gasteiger partial charge on any atom is -0.398 e. The van der Waals surface area contributed by atoms with Gasteiger partial charge in [-0.15, -0.1) is 0 Å². The number of nitrogens with zero attached hydrogens (tertiary/aromatic N) is 1. The third-order valence-corrected chi connectivity index (χ3v) is 5.16. The second-order valence-electron chi connectivity index (χ2n) is 4.87. The summed E-state index contributed by atoms with van der Waals surface area (Å²) >= 11 is 0. The van der Waals surface area contributed by atoms with E-state index in [1.807, 2.05) is 0 Å². The summed E-state index contributed by atoms with van der Waals surface area (Å²) in [6.07, 6.45) is 1.69. The van der Waals surface area contributed by atoms with Crippen LogP contribution in [-0.2, 0) is 10.0 Å². The largest absolute Gasteiger partial charge is 0.398 e. The summed E-state index contributed by atoms with van der Waals surface area (Å²) in [6, 6.07) is 6.57. The van der Waals surface area contributed by atoms with Crippen LogP contribution in [0.5, 0.6) is 0 Å². The molecule has 1 saturated heterocycles. The molecule has 0 amide bonds. The molecule has 1 aliphatic heterocycles. The quantitative estimate of drug-likeness (QED) is 0.809. The van der Waals surface area contributed by atoms with E-state index < -0.39 is 10.0 Å². The molecule has 0 aliphatic carbocycles. The van der Waals surface area contributed by atoms with Crippen molar-refractivity contribution in [1.29, 1.82) is 0 Å². The number of rotatable bonds is 4. The van der Waals surface area contributed by atoms with Gasteiger partial charge in [-0.3, -0.25) is 0 Å². The summed E-state index contributed by atoms with van der Waals surface area (Å²) < 4.78 is 27.3. The average molecular weight is 283 g/mol. The van der Waals surface area contributed by atoms with Crippen molar-refractivity contribution >= 4 is 15.7 Å². The van der Waals surface area contributed by atoms with Gasteiger partial charge in [0.25, 0.3) is 0 Å². The molecule has 2 rings (SSSR count). The molecule has 5 nitrogen and oxygen atoms in total. The maximum Gasteiger partial charge on any atom is 0.242 e. The molecule has 1 aromatic carbocycles. The number of hydrogen-bond donors (Lipinski definition) is 2. The normalized spacial score (nSPS) is 18.6. The first-order valence-electron chi connectivity index (χ1n) is 6.62. The Morgan fingerprint density at radius 1 is 1.32 bits per heavy atom. The Morgan fingerprint density at radius 2 is 1.95 bits per heavy atom. The first-order chi connectivity index (χ1) is 9.03. The van der Waals surface area contributed by atoms with Crippen LogP contribution in [0.3, 0.4) is 0 Å². The Bertz CT molecular complexity index is 522. The molecule has 6 heteroatoms. The van der Waals surface area contributed by atoms with Gasteiger partial charge in [-0.05, 0) is 44.6 Å². The average Bonchev–Trinajstić information content (AvgIpc) is 2.39. The number of hydrogen-bond acceptors (Lipinski definition) is 4. The fourth-order valence-electron chi connectivity index (χ4n) is 2.38. The molecule has 0 unspecified atom stereocenters. The molecule has 1 aromatic rings. The van der Waals surface area contributed by atoms with Crippen molar-refractivity contribution in [2.24, 2.45) is 0 Å². The number of piperidine rings is 1. The van der Waals surface area contributed by atoms with Crippen LogP contribution in [0.2, 0.25) is 0 Å². The van der Waals surface area contributed by atoms with E-state index in [0.717, 1.165) is 32.5 Å². The third kappa shape index (κ3) is 3.46. The van der Waals surface area contributed by atoms with Gasteiger partial charge < -0.3 is 10.6 Å². The molecule has 3 N–H and O–H groups in total. The summed E-state index contributed by atoms with van der Waals surface area (Å²) in [7, 11) is -3.51. The minimum atomic E-state index is -3.51. The van der Waals surface area contributed by atoms with Gasteiger partial charge in [-0.25, -0.2) is 13.1 Å². The SMILES string of the molecule is CCN1CCC(NS(=O)(=O)c2ccccc2N)CC1. The zero-order valence-corrected chi connectivity index (χ0v) is 12.0. The molecule has 1 heterocycles. The van der Waals surface area contributed by atoms with E-state index in [0.29, 0.717) is 5.69 Å². The van der Waals surface area contributed by atoms with Crippen LogP contribution in [0.4, 0.5) is 5.69 Å². The number of nitrogens with one attached hydrogen (secondary N) is 1. The molecule has 1 fully saturated rings. The van der Waals surface area contributed by atoms with Gasteiger partial charge >= 0.3 is 0 Å². The molecule has 0 spiro atoms. The molecule has 0 atom stereocenters.